The maximum atomic E-state index is 13.7. The molecule has 0 bridgehead atoms. The van der Waals surface area contributed by atoms with Gasteiger partial charge in [-0.25, -0.2) is 0 Å². The molecule has 0 aliphatic carbocycles. The first-order valence-corrected chi connectivity index (χ1v) is 13.3. The van der Waals surface area contributed by atoms with Crippen LogP contribution in [-0.4, -0.2) is 55.5 Å². The second-order valence-electron chi connectivity index (χ2n) is 9.21. The fourth-order valence-electron chi connectivity index (χ4n) is 4.19. The Morgan fingerprint density at radius 2 is 1.63 bits per heavy atom. The van der Waals surface area contributed by atoms with Crippen LogP contribution < -0.4 is 9.47 Å². The molecule has 0 N–H and O–H groups in total. The van der Waals surface area contributed by atoms with Crippen molar-refractivity contribution in [3.63, 3.8) is 0 Å². The molecule has 2 amide bonds. The number of rotatable bonds is 14. The van der Waals surface area contributed by atoms with Crippen LogP contribution in [0.3, 0.4) is 0 Å². The molecular formula is C30H37ClN2O5. The number of furan rings is 1. The van der Waals surface area contributed by atoms with Gasteiger partial charge in [0.05, 0.1) is 20.8 Å². The zero-order chi connectivity index (χ0) is 27.5. The van der Waals surface area contributed by atoms with Gasteiger partial charge < -0.3 is 23.7 Å². The molecule has 3 rings (SSSR count). The van der Waals surface area contributed by atoms with Crippen LogP contribution in [0.2, 0.25) is 5.02 Å². The van der Waals surface area contributed by atoms with Crippen molar-refractivity contribution in [2.75, 3.05) is 33.9 Å². The molecule has 0 fully saturated rings. The second-order valence-corrected chi connectivity index (χ2v) is 9.64. The summed E-state index contributed by atoms with van der Waals surface area (Å²) >= 11 is 6.01. The molecule has 0 spiro atoms. The maximum Gasteiger partial charge on any atom is 0.254 e. The summed E-state index contributed by atoms with van der Waals surface area (Å²) in [5.41, 5.74) is 1.52. The van der Waals surface area contributed by atoms with Crippen LogP contribution in [0.15, 0.2) is 59.0 Å². The van der Waals surface area contributed by atoms with E-state index < -0.39 is 0 Å². The molecule has 8 heteroatoms. The lowest BCUT2D eigenvalue weighted by Crippen LogP contribution is -2.43. The molecule has 3 aromatic rings. The molecule has 204 valence electrons. The largest absolute Gasteiger partial charge is 0.493 e. The van der Waals surface area contributed by atoms with E-state index in [4.69, 9.17) is 25.5 Å². The summed E-state index contributed by atoms with van der Waals surface area (Å²) in [6, 6.07) is 16.3. The van der Waals surface area contributed by atoms with Crippen LogP contribution in [0.5, 0.6) is 11.5 Å². The van der Waals surface area contributed by atoms with Crippen molar-refractivity contribution in [2.24, 2.45) is 0 Å². The molecule has 7 nitrogen and oxygen atoms in total. The first kappa shape index (κ1) is 29.1. The number of hydrogen-bond donors (Lipinski definition) is 0. The number of methoxy groups -OCH3 is 2. The maximum absolute atomic E-state index is 13.7. The van der Waals surface area contributed by atoms with Crippen LogP contribution in [0.4, 0.5) is 0 Å². The topological polar surface area (TPSA) is 72.2 Å². The third kappa shape index (κ3) is 8.28. The number of unbranched alkanes of at least 4 members (excludes halogenated alkanes) is 2. The van der Waals surface area contributed by atoms with Crippen molar-refractivity contribution in [3.8, 4) is 11.5 Å². The van der Waals surface area contributed by atoms with Crippen LogP contribution >= 0.6 is 11.6 Å². The van der Waals surface area contributed by atoms with Crippen molar-refractivity contribution in [1.29, 1.82) is 0 Å². The fourth-order valence-corrected chi connectivity index (χ4v) is 4.32. The molecule has 0 saturated heterocycles. The number of carbonyl (C=O) groups excluding carboxylic acids is 2. The van der Waals surface area contributed by atoms with Crippen LogP contribution in [0.1, 0.15) is 53.6 Å². The lowest BCUT2D eigenvalue weighted by atomic mass is 10.1. The fraction of sp³-hybridized carbons (Fsp3) is 0.400. The lowest BCUT2D eigenvalue weighted by Gasteiger charge is -2.27. The van der Waals surface area contributed by atoms with E-state index in [-0.39, 0.29) is 18.4 Å². The highest BCUT2D eigenvalue weighted by Crippen LogP contribution is 2.28. The molecule has 0 aliphatic rings. The highest BCUT2D eigenvalue weighted by Gasteiger charge is 2.23. The van der Waals surface area contributed by atoms with Gasteiger partial charge in [0.1, 0.15) is 18.1 Å². The van der Waals surface area contributed by atoms with E-state index in [0.717, 1.165) is 30.6 Å². The molecular weight excluding hydrogens is 504 g/mol. The van der Waals surface area contributed by atoms with Gasteiger partial charge in [-0.1, -0.05) is 37.4 Å². The standard InChI is InChI=1S/C30H37ClN2O5/c1-5-6-7-17-33(30(35)24-10-12-25(31)13-11-24)21-29(34)32(20-26-14-8-22(2)38-26)18-16-23-9-15-27(36-3)28(19-23)37-4/h8-15,19H,5-7,16-18,20-21H2,1-4H3. The highest BCUT2D eigenvalue weighted by atomic mass is 35.5. The predicted octanol–water partition coefficient (Wildman–Crippen LogP) is 6.16. The van der Waals surface area contributed by atoms with Gasteiger partial charge in [0.2, 0.25) is 5.91 Å². The summed E-state index contributed by atoms with van der Waals surface area (Å²) in [4.78, 5) is 30.4. The number of aryl methyl sites for hydroxylation is 1. The van der Waals surface area contributed by atoms with Gasteiger partial charge in [0.25, 0.3) is 5.91 Å². The summed E-state index contributed by atoms with van der Waals surface area (Å²) in [5.74, 6) is 2.45. The smallest absolute Gasteiger partial charge is 0.254 e. The van der Waals surface area contributed by atoms with Crippen molar-refractivity contribution in [2.45, 2.75) is 46.1 Å². The van der Waals surface area contributed by atoms with Gasteiger partial charge in [0.15, 0.2) is 11.5 Å². The van der Waals surface area contributed by atoms with Crippen molar-refractivity contribution < 1.29 is 23.5 Å². The molecule has 0 atom stereocenters. The summed E-state index contributed by atoms with van der Waals surface area (Å²) in [5, 5.41) is 0.560. The Kier molecular flexibility index (Phi) is 11.1. The minimum absolute atomic E-state index is 0.0171. The van der Waals surface area contributed by atoms with Gasteiger partial charge >= 0.3 is 0 Å². The average Bonchev–Trinajstić information content (AvgIpc) is 3.34. The molecule has 1 aromatic heterocycles. The van der Waals surface area contributed by atoms with Gasteiger partial charge in [0, 0.05) is 23.7 Å². The Morgan fingerprint density at radius 1 is 0.895 bits per heavy atom. The summed E-state index contributed by atoms with van der Waals surface area (Å²) in [7, 11) is 3.20. The van der Waals surface area contributed by atoms with E-state index in [1.807, 2.05) is 37.3 Å². The Bertz CT molecular complexity index is 1190. The quantitative estimate of drug-likeness (QED) is 0.229. The Balaban J connectivity index is 1.79. The number of nitrogens with zero attached hydrogens (tertiary/aromatic N) is 2. The van der Waals surface area contributed by atoms with E-state index >= 15 is 0 Å². The molecule has 0 aliphatic heterocycles. The average molecular weight is 541 g/mol. The summed E-state index contributed by atoms with van der Waals surface area (Å²) in [6.45, 7) is 5.24. The number of benzene rings is 2. The van der Waals surface area contributed by atoms with E-state index in [9.17, 15) is 9.59 Å². The van der Waals surface area contributed by atoms with Gasteiger partial charge in [-0.3, -0.25) is 9.59 Å². The van der Waals surface area contributed by atoms with E-state index in [0.29, 0.717) is 53.9 Å². The van der Waals surface area contributed by atoms with Crippen molar-refractivity contribution >= 4 is 23.4 Å². The van der Waals surface area contributed by atoms with E-state index in [1.54, 1.807) is 48.3 Å². The zero-order valence-corrected chi connectivity index (χ0v) is 23.4. The first-order chi connectivity index (χ1) is 18.3. The van der Waals surface area contributed by atoms with Gasteiger partial charge in [-0.05, 0) is 73.9 Å². The van der Waals surface area contributed by atoms with E-state index in [1.165, 1.54) is 0 Å². The third-order valence-electron chi connectivity index (χ3n) is 6.35. The minimum Gasteiger partial charge on any atom is -0.493 e. The Labute approximate surface area is 230 Å². The predicted molar refractivity (Wildman–Crippen MR) is 149 cm³/mol. The van der Waals surface area contributed by atoms with Crippen molar-refractivity contribution in [1.82, 2.24) is 9.80 Å². The molecule has 0 unspecified atom stereocenters. The minimum atomic E-state index is -0.181. The molecule has 0 saturated carbocycles. The number of ether oxygens (including phenoxy) is 2. The summed E-state index contributed by atoms with van der Waals surface area (Å²) < 4.78 is 16.5. The highest BCUT2D eigenvalue weighted by molar-refractivity contribution is 6.30. The second kappa shape index (κ2) is 14.5. The SMILES string of the molecule is CCCCCN(CC(=O)N(CCc1ccc(OC)c(OC)c1)Cc1ccc(C)o1)C(=O)c1ccc(Cl)cc1. The van der Waals surface area contributed by atoms with Crippen LogP contribution in [0, 0.1) is 6.92 Å². The van der Waals surface area contributed by atoms with Crippen LogP contribution in [-0.2, 0) is 17.8 Å². The van der Waals surface area contributed by atoms with Crippen LogP contribution in [0.25, 0.3) is 0 Å². The Hall–Kier alpha value is -3.45. The molecule has 38 heavy (non-hydrogen) atoms. The molecule has 1 heterocycles. The summed E-state index contributed by atoms with van der Waals surface area (Å²) in [6.07, 6.45) is 3.43. The normalized spacial score (nSPS) is 10.8. The number of amides is 2. The van der Waals surface area contributed by atoms with E-state index in [2.05, 4.69) is 6.92 Å². The van der Waals surface area contributed by atoms with Gasteiger partial charge in [-0.15, -0.1) is 0 Å². The van der Waals surface area contributed by atoms with Gasteiger partial charge in [-0.2, -0.15) is 0 Å². The number of hydrogen-bond acceptors (Lipinski definition) is 5. The zero-order valence-electron chi connectivity index (χ0n) is 22.7. The monoisotopic (exact) mass is 540 g/mol. The molecule has 2 aromatic carbocycles. The first-order valence-electron chi connectivity index (χ1n) is 12.9. The number of carbonyl (C=O) groups is 2. The van der Waals surface area contributed by atoms with Crippen molar-refractivity contribution in [3.05, 3.63) is 82.3 Å². The number of halogens is 1. The third-order valence-corrected chi connectivity index (χ3v) is 6.60. The Morgan fingerprint density at radius 3 is 2.26 bits per heavy atom. The lowest BCUT2D eigenvalue weighted by molar-refractivity contribution is -0.132. The molecule has 0 radical (unpaired) electrons.